The third kappa shape index (κ3) is 5.61. The Balaban J connectivity index is 1.42. The van der Waals surface area contributed by atoms with Gasteiger partial charge in [0.1, 0.15) is 17.6 Å². The Morgan fingerprint density at radius 2 is 1.71 bits per heavy atom. The Labute approximate surface area is 204 Å². The molecule has 0 bridgehead atoms. The zero-order valence-electron chi connectivity index (χ0n) is 18.0. The van der Waals surface area contributed by atoms with Crippen molar-refractivity contribution in [3.63, 3.8) is 0 Å². The Morgan fingerprint density at radius 1 is 1.09 bits per heavy atom. The standard InChI is InChI=1S/C24H23Cl2F4NO3/c25-16-9-15(10-17(26)11-16)22(24(28,29)30)31-7-5-13(6-8-31)12-34-19-4-3-18(23(32)33)21(27)20(19)14-1-2-14/h3-4,9-11,13-14,22H,1-2,5-8,12H2,(H,32,33). The molecule has 1 unspecified atom stereocenters. The summed E-state index contributed by atoms with van der Waals surface area (Å²) in [6.07, 6.45) is -2.03. The van der Waals surface area contributed by atoms with Crippen LogP contribution in [0.1, 0.15) is 59.1 Å². The third-order valence-electron chi connectivity index (χ3n) is 6.36. The molecule has 1 aliphatic heterocycles. The van der Waals surface area contributed by atoms with Crippen molar-refractivity contribution in [1.82, 2.24) is 4.90 Å². The number of piperidine rings is 1. The van der Waals surface area contributed by atoms with Gasteiger partial charge in [-0.1, -0.05) is 23.2 Å². The summed E-state index contributed by atoms with van der Waals surface area (Å²) in [7, 11) is 0. The van der Waals surface area contributed by atoms with E-state index in [1.54, 1.807) is 0 Å². The molecule has 10 heteroatoms. The van der Waals surface area contributed by atoms with Crippen molar-refractivity contribution in [2.45, 2.75) is 43.8 Å². The monoisotopic (exact) mass is 519 g/mol. The summed E-state index contributed by atoms with van der Waals surface area (Å²) in [4.78, 5) is 12.6. The van der Waals surface area contributed by atoms with E-state index in [1.165, 1.54) is 35.2 Å². The minimum atomic E-state index is -4.50. The van der Waals surface area contributed by atoms with Gasteiger partial charge in [-0.05, 0) is 86.5 Å². The molecule has 34 heavy (non-hydrogen) atoms. The molecular weight excluding hydrogens is 497 g/mol. The van der Waals surface area contributed by atoms with E-state index in [1.807, 2.05) is 0 Å². The van der Waals surface area contributed by atoms with Crippen LogP contribution < -0.4 is 4.74 Å². The van der Waals surface area contributed by atoms with Gasteiger partial charge in [-0.3, -0.25) is 4.90 Å². The zero-order chi connectivity index (χ0) is 24.6. The second kappa shape index (κ2) is 9.91. The fraction of sp³-hybridized carbons (Fsp3) is 0.458. The number of carboxylic acids is 1. The van der Waals surface area contributed by atoms with Crippen LogP contribution in [0.3, 0.4) is 0 Å². The summed E-state index contributed by atoms with van der Waals surface area (Å²) in [5, 5.41) is 9.47. The van der Waals surface area contributed by atoms with Gasteiger partial charge in [-0.15, -0.1) is 0 Å². The van der Waals surface area contributed by atoms with Crippen LogP contribution in [-0.2, 0) is 0 Å². The molecule has 4 nitrogen and oxygen atoms in total. The van der Waals surface area contributed by atoms with E-state index in [2.05, 4.69) is 0 Å². The number of likely N-dealkylation sites (tertiary alicyclic amines) is 1. The lowest BCUT2D eigenvalue weighted by Gasteiger charge is -2.38. The van der Waals surface area contributed by atoms with Crippen LogP contribution in [0.4, 0.5) is 17.6 Å². The smallest absolute Gasteiger partial charge is 0.408 e. The van der Waals surface area contributed by atoms with Gasteiger partial charge in [0.05, 0.1) is 12.2 Å². The Hall–Kier alpha value is -2.03. The molecule has 2 aromatic carbocycles. The van der Waals surface area contributed by atoms with Crippen LogP contribution in [0.25, 0.3) is 0 Å². The van der Waals surface area contributed by atoms with Crippen molar-refractivity contribution in [3.05, 3.63) is 62.9 Å². The van der Waals surface area contributed by atoms with Crippen molar-refractivity contribution in [1.29, 1.82) is 0 Å². The molecule has 0 radical (unpaired) electrons. The zero-order valence-corrected chi connectivity index (χ0v) is 19.6. The predicted octanol–water partition coefficient (Wildman–Crippen LogP) is 7.10. The fourth-order valence-electron chi connectivity index (χ4n) is 4.54. The van der Waals surface area contributed by atoms with Gasteiger partial charge in [0.15, 0.2) is 0 Å². The van der Waals surface area contributed by atoms with E-state index < -0.39 is 24.0 Å². The van der Waals surface area contributed by atoms with Crippen LogP contribution in [-0.4, -0.2) is 41.8 Å². The second-order valence-electron chi connectivity index (χ2n) is 8.86. The lowest BCUT2D eigenvalue weighted by molar-refractivity contribution is -0.190. The average molecular weight is 520 g/mol. The number of alkyl halides is 3. The molecule has 1 heterocycles. The molecule has 1 saturated carbocycles. The molecule has 1 saturated heterocycles. The van der Waals surface area contributed by atoms with E-state index in [0.717, 1.165) is 12.8 Å². The highest BCUT2D eigenvalue weighted by molar-refractivity contribution is 6.34. The highest BCUT2D eigenvalue weighted by atomic mass is 35.5. The highest BCUT2D eigenvalue weighted by Crippen LogP contribution is 2.47. The van der Waals surface area contributed by atoms with Crippen LogP contribution in [0.5, 0.6) is 5.75 Å². The quantitative estimate of drug-likeness (QED) is 0.396. The number of aromatic carboxylic acids is 1. The van der Waals surface area contributed by atoms with E-state index in [9.17, 15) is 27.5 Å². The van der Waals surface area contributed by atoms with Crippen molar-refractivity contribution in [3.8, 4) is 5.75 Å². The first kappa shape index (κ1) is 25.1. The number of halogens is 6. The van der Waals surface area contributed by atoms with Crippen molar-refractivity contribution < 1.29 is 32.2 Å². The molecule has 1 atom stereocenters. The van der Waals surface area contributed by atoms with Gasteiger partial charge in [-0.25, -0.2) is 9.18 Å². The predicted molar refractivity (Wildman–Crippen MR) is 120 cm³/mol. The van der Waals surface area contributed by atoms with E-state index >= 15 is 0 Å². The highest BCUT2D eigenvalue weighted by Gasteiger charge is 2.45. The maximum atomic E-state index is 14.7. The lowest BCUT2D eigenvalue weighted by atomic mass is 9.94. The molecule has 184 valence electrons. The van der Waals surface area contributed by atoms with Gasteiger partial charge in [0, 0.05) is 15.6 Å². The molecule has 2 aliphatic rings. The molecule has 1 N–H and O–H groups in total. The molecule has 0 aromatic heterocycles. The first-order chi connectivity index (χ1) is 16.0. The summed E-state index contributed by atoms with van der Waals surface area (Å²) in [6, 6.07) is 4.81. The number of ether oxygens (including phenoxy) is 1. The van der Waals surface area contributed by atoms with Crippen molar-refractivity contribution in [2.24, 2.45) is 5.92 Å². The Morgan fingerprint density at radius 3 is 2.24 bits per heavy atom. The molecule has 2 fully saturated rings. The number of benzene rings is 2. The van der Waals surface area contributed by atoms with E-state index in [4.69, 9.17) is 27.9 Å². The molecule has 0 amide bonds. The summed E-state index contributed by atoms with van der Waals surface area (Å²) in [5.74, 6) is -1.86. The largest absolute Gasteiger partial charge is 0.493 e. The summed E-state index contributed by atoms with van der Waals surface area (Å²) >= 11 is 11.9. The van der Waals surface area contributed by atoms with Gasteiger partial charge in [-0.2, -0.15) is 13.2 Å². The number of hydrogen-bond acceptors (Lipinski definition) is 3. The number of carbonyl (C=O) groups is 1. The van der Waals surface area contributed by atoms with Crippen LogP contribution in [0.15, 0.2) is 30.3 Å². The lowest BCUT2D eigenvalue weighted by Crippen LogP contribution is -2.43. The summed E-state index contributed by atoms with van der Waals surface area (Å²) < 4.78 is 62.4. The maximum Gasteiger partial charge on any atom is 0.408 e. The van der Waals surface area contributed by atoms with Crippen molar-refractivity contribution in [2.75, 3.05) is 19.7 Å². The first-order valence-corrected chi connectivity index (χ1v) is 11.8. The van der Waals surface area contributed by atoms with Gasteiger partial charge < -0.3 is 9.84 Å². The molecular formula is C24H23Cl2F4NO3. The molecule has 2 aromatic rings. The SMILES string of the molecule is O=C(O)c1ccc(OCC2CCN(C(c3cc(Cl)cc(Cl)c3)C(F)(F)F)CC2)c(C2CC2)c1F. The summed E-state index contributed by atoms with van der Waals surface area (Å²) in [6.45, 7) is 0.618. The van der Waals surface area contributed by atoms with E-state index in [-0.39, 0.29) is 58.3 Å². The van der Waals surface area contributed by atoms with Crippen molar-refractivity contribution >= 4 is 29.2 Å². The Kier molecular flexibility index (Phi) is 7.31. The number of hydrogen-bond donors (Lipinski definition) is 1. The van der Waals surface area contributed by atoms with Gasteiger partial charge in [0.25, 0.3) is 0 Å². The van der Waals surface area contributed by atoms with Crippen LogP contribution in [0.2, 0.25) is 10.0 Å². The minimum Gasteiger partial charge on any atom is -0.493 e. The van der Waals surface area contributed by atoms with Crippen LogP contribution in [0, 0.1) is 11.7 Å². The number of rotatable bonds is 7. The number of carboxylic acid groups (broad SMARTS) is 1. The number of nitrogens with zero attached hydrogens (tertiary/aromatic N) is 1. The molecule has 1 aliphatic carbocycles. The van der Waals surface area contributed by atoms with E-state index in [0.29, 0.717) is 18.6 Å². The fourth-order valence-corrected chi connectivity index (χ4v) is 5.09. The normalized spacial score (nSPS) is 18.6. The molecule has 0 spiro atoms. The van der Waals surface area contributed by atoms with Gasteiger partial charge in [0.2, 0.25) is 0 Å². The second-order valence-corrected chi connectivity index (χ2v) is 9.73. The molecule has 4 rings (SSSR count). The Bertz CT molecular complexity index is 1050. The van der Waals surface area contributed by atoms with Gasteiger partial charge >= 0.3 is 12.1 Å². The average Bonchev–Trinajstić information content (AvgIpc) is 3.56. The topological polar surface area (TPSA) is 49.8 Å². The van der Waals surface area contributed by atoms with Crippen LogP contribution >= 0.6 is 23.2 Å². The summed E-state index contributed by atoms with van der Waals surface area (Å²) in [5.41, 5.74) is -0.100. The minimum absolute atomic E-state index is 0.00257. The maximum absolute atomic E-state index is 14.7. The third-order valence-corrected chi connectivity index (χ3v) is 6.79. The first-order valence-electron chi connectivity index (χ1n) is 11.0.